The van der Waals surface area contributed by atoms with Crippen molar-refractivity contribution in [2.45, 2.75) is 57.9 Å². The number of benzene rings is 1. The summed E-state index contributed by atoms with van der Waals surface area (Å²) in [5.41, 5.74) is 1.23. The Labute approximate surface area is 175 Å². The number of halogens is 1. The fourth-order valence-electron chi connectivity index (χ4n) is 4.84. The number of amidine groups is 1. The molecule has 29 heavy (non-hydrogen) atoms. The summed E-state index contributed by atoms with van der Waals surface area (Å²) in [6.07, 6.45) is 10.2. The molecule has 5 heteroatoms. The Kier molecular flexibility index (Phi) is 7.68. The lowest BCUT2D eigenvalue weighted by atomic mass is 9.71. The van der Waals surface area contributed by atoms with Gasteiger partial charge in [-0.3, -0.25) is 10.4 Å². The molecule has 0 aliphatic heterocycles. The largest absolute Gasteiger partial charge is 0.369 e. The van der Waals surface area contributed by atoms with E-state index in [9.17, 15) is 4.39 Å². The Morgan fingerprint density at radius 1 is 1.10 bits per heavy atom. The number of nitrogens with one attached hydrogen (secondary N) is 1. The smallest absolute Gasteiger partial charge is 0.123 e. The second-order valence-electron chi connectivity index (χ2n) is 9.47. The van der Waals surface area contributed by atoms with Crippen LogP contribution >= 0.6 is 0 Å². The predicted molar refractivity (Wildman–Crippen MR) is 119 cm³/mol. The molecule has 160 valence electrons. The van der Waals surface area contributed by atoms with Crippen molar-refractivity contribution in [1.29, 1.82) is 5.41 Å². The van der Waals surface area contributed by atoms with Gasteiger partial charge in [-0.15, -0.1) is 0 Å². The van der Waals surface area contributed by atoms with Gasteiger partial charge in [0.15, 0.2) is 0 Å². The zero-order valence-electron chi connectivity index (χ0n) is 18.3. The van der Waals surface area contributed by atoms with E-state index in [1.54, 1.807) is 18.5 Å². The minimum Gasteiger partial charge on any atom is -0.369 e. The molecule has 0 unspecified atom stereocenters. The van der Waals surface area contributed by atoms with Crippen molar-refractivity contribution in [3.05, 3.63) is 35.6 Å². The molecule has 1 N–H and O–H groups in total. The average molecular weight is 401 g/mol. The van der Waals surface area contributed by atoms with Crippen molar-refractivity contribution < 1.29 is 4.39 Å². The number of hydrogen-bond acceptors (Lipinski definition) is 2. The van der Waals surface area contributed by atoms with Crippen LogP contribution in [0, 0.1) is 29.0 Å². The van der Waals surface area contributed by atoms with Gasteiger partial charge in [0.05, 0.1) is 12.9 Å². The lowest BCUT2D eigenvalue weighted by Gasteiger charge is -2.44. The quantitative estimate of drug-likeness (QED) is 0.501. The van der Waals surface area contributed by atoms with Crippen LogP contribution in [0.5, 0.6) is 0 Å². The standard InChI is InChI=1S/C24H37FN4/c1-18-4-10-23(11-5-18)29(24(26)15-27-17-28(2)3)16-21-13-20(14-21)12-19-6-8-22(25)9-7-19/h6-9,17-18,20-21,23,26H,4-5,10-16H2,1-3H3. The Balaban J connectivity index is 1.52. The third-order valence-corrected chi connectivity index (χ3v) is 6.55. The number of rotatable bonds is 8. The van der Waals surface area contributed by atoms with Gasteiger partial charge in [-0.1, -0.05) is 19.1 Å². The molecular weight excluding hydrogens is 363 g/mol. The van der Waals surface area contributed by atoms with Crippen molar-refractivity contribution in [3.63, 3.8) is 0 Å². The lowest BCUT2D eigenvalue weighted by Crippen LogP contribution is -2.47. The topological polar surface area (TPSA) is 42.7 Å². The molecule has 0 amide bonds. The summed E-state index contributed by atoms with van der Waals surface area (Å²) in [5.74, 6) is 2.69. The molecule has 2 aliphatic carbocycles. The van der Waals surface area contributed by atoms with Crippen LogP contribution in [-0.2, 0) is 6.42 Å². The van der Waals surface area contributed by atoms with Crippen LogP contribution in [-0.4, -0.2) is 55.2 Å². The van der Waals surface area contributed by atoms with Crippen LogP contribution in [0.25, 0.3) is 0 Å². The van der Waals surface area contributed by atoms with E-state index < -0.39 is 0 Å². The first-order chi connectivity index (χ1) is 13.9. The highest BCUT2D eigenvalue weighted by atomic mass is 19.1. The zero-order chi connectivity index (χ0) is 20.8. The predicted octanol–water partition coefficient (Wildman–Crippen LogP) is 4.84. The van der Waals surface area contributed by atoms with E-state index in [4.69, 9.17) is 5.41 Å². The number of nitrogens with zero attached hydrogens (tertiary/aromatic N) is 3. The Bertz CT molecular complexity index is 671. The van der Waals surface area contributed by atoms with E-state index in [0.29, 0.717) is 30.3 Å². The van der Waals surface area contributed by atoms with Crippen molar-refractivity contribution in [2.75, 3.05) is 27.2 Å². The lowest BCUT2D eigenvalue weighted by molar-refractivity contribution is 0.120. The molecule has 2 fully saturated rings. The minimum atomic E-state index is -0.159. The third kappa shape index (κ3) is 6.55. The summed E-state index contributed by atoms with van der Waals surface area (Å²) in [7, 11) is 3.92. The summed E-state index contributed by atoms with van der Waals surface area (Å²) in [5, 5.41) is 8.68. The molecule has 0 saturated heterocycles. The molecule has 0 radical (unpaired) electrons. The van der Waals surface area contributed by atoms with Gasteiger partial charge in [0.2, 0.25) is 0 Å². The molecule has 0 heterocycles. The van der Waals surface area contributed by atoms with Crippen LogP contribution in [0.4, 0.5) is 4.39 Å². The second kappa shape index (κ2) is 10.2. The average Bonchev–Trinajstić information content (AvgIpc) is 2.65. The van der Waals surface area contributed by atoms with Gasteiger partial charge in [0.1, 0.15) is 11.7 Å². The molecular formula is C24H37FN4. The maximum atomic E-state index is 13.1. The summed E-state index contributed by atoms with van der Waals surface area (Å²) in [6, 6.07) is 7.46. The Morgan fingerprint density at radius 2 is 1.76 bits per heavy atom. The van der Waals surface area contributed by atoms with Crippen LogP contribution in [0.2, 0.25) is 0 Å². The molecule has 0 bridgehead atoms. The summed E-state index contributed by atoms with van der Waals surface area (Å²) in [4.78, 5) is 8.73. The van der Waals surface area contributed by atoms with Crippen LogP contribution in [0.15, 0.2) is 29.3 Å². The van der Waals surface area contributed by atoms with Gasteiger partial charge < -0.3 is 9.80 Å². The molecule has 4 nitrogen and oxygen atoms in total. The van der Waals surface area contributed by atoms with Gasteiger partial charge >= 0.3 is 0 Å². The highest BCUT2D eigenvalue weighted by Gasteiger charge is 2.34. The monoisotopic (exact) mass is 400 g/mol. The van der Waals surface area contributed by atoms with E-state index in [0.717, 1.165) is 18.9 Å². The maximum Gasteiger partial charge on any atom is 0.123 e. The zero-order valence-corrected chi connectivity index (χ0v) is 18.3. The normalized spacial score (nSPS) is 26.9. The van der Waals surface area contributed by atoms with Gasteiger partial charge in [0.25, 0.3) is 0 Å². The fourth-order valence-corrected chi connectivity index (χ4v) is 4.84. The van der Waals surface area contributed by atoms with E-state index in [1.807, 2.05) is 31.1 Å². The van der Waals surface area contributed by atoms with Gasteiger partial charge in [0, 0.05) is 26.7 Å². The number of aliphatic imine (C=N–C) groups is 1. The van der Waals surface area contributed by atoms with Crippen molar-refractivity contribution in [2.24, 2.45) is 22.7 Å². The minimum absolute atomic E-state index is 0.159. The van der Waals surface area contributed by atoms with Crippen LogP contribution in [0.3, 0.4) is 0 Å². The van der Waals surface area contributed by atoms with Crippen LogP contribution in [0.1, 0.15) is 51.0 Å². The third-order valence-electron chi connectivity index (χ3n) is 6.55. The molecule has 2 aliphatic rings. The van der Waals surface area contributed by atoms with Crippen molar-refractivity contribution in [1.82, 2.24) is 9.80 Å². The van der Waals surface area contributed by atoms with Gasteiger partial charge in [-0.25, -0.2) is 4.39 Å². The van der Waals surface area contributed by atoms with Crippen molar-refractivity contribution in [3.8, 4) is 0 Å². The first kappa shape index (κ1) is 21.8. The molecule has 1 aromatic carbocycles. The number of hydrogen-bond donors (Lipinski definition) is 1. The summed E-state index contributed by atoms with van der Waals surface area (Å²) < 4.78 is 13.1. The molecule has 1 aromatic rings. The van der Waals surface area contributed by atoms with E-state index in [-0.39, 0.29) is 5.82 Å². The maximum absolute atomic E-state index is 13.1. The first-order valence-corrected chi connectivity index (χ1v) is 11.2. The van der Waals surface area contributed by atoms with Crippen LogP contribution < -0.4 is 0 Å². The van der Waals surface area contributed by atoms with Gasteiger partial charge in [-0.2, -0.15) is 0 Å². The van der Waals surface area contributed by atoms with E-state index in [2.05, 4.69) is 16.8 Å². The highest BCUT2D eigenvalue weighted by Crippen LogP contribution is 2.38. The molecule has 0 aromatic heterocycles. The first-order valence-electron chi connectivity index (χ1n) is 11.2. The van der Waals surface area contributed by atoms with E-state index in [1.165, 1.54) is 44.1 Å². The Hall–Kier alpha value is -1.91. The van der Waals surface area contributed by atoms with Gasteiger partial charge in [-0.05, 0) is 80.4 Å². The molecule has 0 spiro atoms. The second-order valence-corrected chi connectivity index (χ2v) is 9.47. The van der Waals surface area contributed by atoms with E-state index >= 15 is 0 Å². The summed E-state index contributed by atoms with van der Waals surface area (Å²) in [6.45, 7) is 3.81. The molecule has 3 rings (SSSR count). The SMILES string of the molecule is CC1CCC(N(CC2CC(Cc3ccc(F)cc3)C2)C(=N)CN=CN(C)C)CC1. The molecule has 0 atom stereocenters. The Morgan fingerprint density at radius 3 is 2.38 bits per heavy atom. The van der Waals surface area contributed by atoms with Crippen molar-refractivity contribution >= 4 is 12.2 Å². The molecule has 2 saturated carbocycles. The summed E-state index contributed by atoms with van der Waals surface area (Å²) >= 11 is 0. The fraction of sp³-hybridized carbons (Fsp3) is 0.667. The highest BCUT2D eigenvalue weighted by molar-refractivity contribution is 5.82.